The van der Waals surface area contributed by atoms with Gasteiger partial charge >= 0.3 is 0 Å². The second-order valence-electron chi connectivity index (χ2n) is 5.09. The average Bonchev–Trinajstić information content (AvgIpc) is 2.88. The molecule has 0 bridgehead atoms. The average molecular weight is 265 g/mol. The number of carbonyl (C=O) groups excluding carboxylic acids is 1. The molecule has 0 aliphatic carbocycles. The summed E-state index contributed by atoms with van der Waals surface area (Å²) in [7, 11) is 0. The molecule has 1 atom stereocenters. The highest BCUT2D eigenvalue weighted by Gasteiger charge is 2.28. The van der Waals surface area contributed by atoms with Crippen LogP contribution >= 0.6 is 0 Å². The molecule has 2 N–H and O–H groups in total. The molecule has 19 heavy (non-hydrogen) atoms. The molecule has 0 spiro atoms. The van der Waals surface area contributed by atoms with Gasteiger partial charge < -0.3 is 10.6 Å². The summed E-state index contributed by atoms with van der Waals surface area (Å²) in [5.74, 6) is 0.0152. The van der Waals surface area contributed by atoms with Gasteiger partial charge in [0.25, 0.3) is 5.91 Å². The molecule has 0 saturated carbocycles. The predicted octanol–water partition coefficient (Wildman–Crippen LogP) is 1.03. The zero-order valence-electron chi connectivity index (χ0n) is 11.6. The molecule has 6 nitrogen and oxygen atoms in total. The smallest absolute Gasteiger partial charge is 0.276 e. The Morgan fingerprint density at radius 2 is 2.37 bits per heavy atom. The lowest BCUT2D eigenvalue weighted by Gasteiger charge is -2.35. The van der Waals surface area contributed by atoms with Crippen molar-refractivity contribution in [2.75, 3.05) is 13.1 Å². The Bertz CT molecular complexity index is 415. The number of hydrogen-bond acceptors (Lipinski definition) is 4. The van der Waals surface area contributed by atoms with Gasteiger partial charge in [-0.1, -0.05) is 18.6 Å². The Balaban J connectivity index is 2.07. The van der Waals surface area contributed by atoms with Crippen LogP contribution in [0.25, 0.3) is 0 Å². The first-order valence-corrected chi connectivity index (χ1v) is 7.17. The summed E-state index contributed by atoms with van der Waals surface area (Å²) in [6.07, 6.45) is 7.29. The van der Waals surface area contributed by atoms with Crippen molar-refractivity contribution in [1.29, 1.82) is 0 Å². The molecule has 1 unspecified atom stereocenters. The van der Waals surface area contributed by atoms with Crippen molar-refractivity contribution in [2.24, 2.45) is 5.73 Å². The Hall–Kier alpha value is -1.43. The number of carbonyl (C=O) groups is 1. The number of piperidine rings is 1. The van der Waals surface area contributed by atoms with Gasteiger partial charge in [-0.2, -0.15) is 0 Å². The zero-order valence-corrected chi connectivity index (χ0v) is 11.6. The Kier molecular flexibility index (Phi) is 4.90. The first-order chi connectivity index (χ1) is 9.26. The summed E-state index contributed by atoms with van der Waals surface area (Å²) >= 11 is 0. The van der Waals surface area contributed by atoms with Crippen LogP contribution in [0.2, 0.25) is 0 Å². The Morgan fingerprint density at radius 1 is 1.53 bits per heavy atom. The van der Waals surface area contributed by atoms with Crippen LogP contribution in [0.3, 0.4) is 0 Å². The first-order valence-electron chi connectivity index (χ1n) is 7.17. The normalized spacial score (nSPS) is 19.7. The molecule has 1 aromatic rings. The number of likely N-dealkylation sites (tertiary alicyclic amines) is 1. The molecule has 1 amide bonds. The quantitative estimate of drug-likeness (QED) is 0.862. The third-order valence-corrected chi connectivity index (χ3v) is 3.63. The van der Waals surface area contributed by atoms with Gasteiger partial charge in [-0.15, -0.1) is 5.10 Å². The highest BCUT2D eigenvalue weighted by Crippen LogP contribution is 2.22. The third-order valence-electron chi connectivity index (χ3n) is 3.63. The molecule has 1 aromatic heterocycles. The zero-order chi connectivity index (χ0) is 13.7. The fraction of sp³-hybridized carbons (Fsp3) is 0.769. The lowest BCUT2D eigenvalue weighted by molar-refractivity contribution is 0.0594. The van der Waals surface area contributed by atoms with E-state index in [2.05, 4.69) is 17.2 Å². The van der Waals surface area contributed by atoms with Crippen molar-refractivity contribution >= 4 is 5.91 Å². The van der Waals surface area contributed by atoms with Gasteiger partial charge in [-0.3, -0.25) is 9.48 Å². The number of nitrogens with zero attached hydrogens (tertiary/aromatic N) is 4. The Labute approximate surface area is 113 Å². The number of amides is 1. The topological polar surface area (TPSA) is 77.0 Å². The fourth-order valence-corrected chi connectivity index (χ4v) is 2.69. The highest BCUT2D eigenvalue weighted by atomic mass is 16.2. The fourth-order valence-electron chi connectivity index (χ4n) is 2.69. The molecular weight excluding hydrogens is 242 g/mol. The van der Waals surface area contributed by atoms with E-state index in [1.807, 2.05) is 4.90 Å². The monoisotopic (exact) mass is 265 g/mol. The molecule has 0 radical (unpaired) electrons. The van der Waals surface area contributed by atoms with E-state index in [1.54, 1.807) is 10.9 Å². The Morgan fingerprint density at radius 3 is 3.11 bits per heavy atom. The maximum atomic E-state index is 12.5. The van der Waals surface area contributed by atoms with Crippen LogP contribution in [0.1, 0.15) is 49.5 Å². The summed E-state index contributed by atoms with van der Waals surface area (Å²) in [6, 6.07) is 0.367. The van der Waals surface area contributed by atoms with Gasteiger partial charge in [0.2, 0.25) is 0 Å². The van der Waals surface area contributed by atoms with Crippen molar-refractivity contribution in [3.05, 3.63) is 11.9 Å². The molecule has 1 aliphatic heterocycles. The van der Waals surface area contributed by atoms with Crippen molar-refractivity contribution in [3.8, 4) is 0 Å². The molecule has 2 heterocycles. The molecule has 1 fully saturated rings. The summed E-state index contributed by atoms with van der Waals surface area (Å²) in [5.41, 5.74) is 5.91. The lowest BCUT2D eigenvalue weighted by Crippen LogP contribution is -2.43. The van der Waals surface area contributed by atoms with E-state index in [-0.39, 0.29) is 5.91 Å². The number of hydrogen-bond donors (Lipinski definition) is 1. The van der Waals surface area contributed by atoms with Crippen LogP contribution in [0.5, 0.6) is 0 Å². The molecule has 1 aliphatic rings. The summed E-state index contributed by atoms with van der Waals surface area (Å²) in [4.78, 5) is 14.5. The lowest BCUT2D eigenvalue weighted by atomic mass is 9.98. The van der Waals surface area contributed by atoms with Crippen molar-refractivity contribution in [2.45, 2.75) is 51.6 Å². The van der Waals surface area contributed by atoms with E-state index in [4.69, 9.17) is 5.73 Å². The van der Waals surface area contributed by atoms with Crippen LogP contribution in [-0.4, -0.2) is 44.9 Å². The maximum Gasteiger partial charge on any atom is 0.276 e. The van der Waals surface area contributed by atoms with Crippen molar-refractivity contribution in [3.63, 3.8) is 0 Å². The molecule has 0 aromatic carbocycles. The molecule has 2 rings (SSSR count). The van der Waals surface area contributed by atoms with E-state index in [9.17, 15) is 4.79 Å². The van der Waals surface area contributed by atoms with E-state index in [0.717, 1.165) is 32.2 Å². The second kappa shape index (κ2) is 6.65. The summed E-state index contributed by atoms with van der Waals surface area (Å²) in [5, 5.41) is 7.90. The molecule has 1 saturated heterocycles. The SMILES string of the molecule is CCCC1CCCCN1C(=O)c1cn(CCN)nn1. The van der Waals surface area contributed by atoms with Crippen LogP contribution in [0.15, 0.2) is 6.20 Å². The van der Waals surface area contributed by atoms with Gasteiger partial charge in [0.05, 0.1) is 12.7 Å². The van der Waals surface area contributed by atoms with Gasteiger partial charge in [-0.05, 0) is 25.7 Å². The molecular formula is C13H23N5O. The second-order valence-corrected chi connectivity index (χ2v) is 5.09. The molecule has 6 heteroatoms. The molecule has 106 valence electrons. The van der Waals surface area contributed by atoms with Crippen LogP contribution in [0.4, 0.5) is 0 Å². The van der Waals surface area contributed by atoms with Crippen LogP contribution in [0, 0.1) is 0 Å². The van der Waals surface area contributed by atoms with E-state index in [0.29, 0.717) is 24.8 Å². The minimum absolute atomic E-state index is 0.0152. The van der Waals surface area contributed by atoms with Crippen LogP contribution in [-0.2, 0) is 6.54 Å². The summed E-state index contributed by atoms with van der Waals surface area (Å²) < 4.78 is 1.63. The number of nitrogens with two attached hydrogens (primary N) is 1. The van der Waals surface area contributed by atoms with Gasteiger partial charge in [0.15, 0.2) is 5.69 Å². The minimum atomic E-state index is 0.0152. The standard InChI is InChI=1S/C13H23N5O/c1-2-5-11-6-3-4-8-18(11)13(19)12-10-17(9-7-14)16-15-12/h10-11H,2-9,14H2,1H3. The van der Waals surface area contributed by atoms with E-state index in [1.165, 1.54) is 6.42 Å². The van der Waals surface area contributed by atoms with E-state index < -0.39 is 0 Å². The minimum Gasteiger partial charge on any atom is -0.334 e. The maximum absolute atomic E-state index is 12.5. The highest BCUT2D eigenvalue weighted by molar-refractivity contribution is 5.92. The number of rotatable bonds is 5. The first kappa shape index (κ1) is 14.0. The van der Waals surface area contributed by atoms with Gasteiger partial charge in [0, 0.05) is 19.1 Å². The van der Waals surface area contributed by atoms with Gasteiger partial charge in [0.1, 0.15) is 0 Å². The predicted molar refractivity (Wildman–Crippen MR) is 72.7 cm³/mol. The van der Waals surface area contributed by atoms with Crippen LogP contribution < -0.4 is 5.73 Å². The van der Waals surface area contributed by atoms with Crippen molar-refractivity contribution in [1.82, 2.24) is 19.9 Å². The number of aromatic nitrogens is 3. The largest absolute Gasteiger partial charge is 0.334 e. The van der Waals surface area contributed by atoms with E-state index >= 15 is 0 Å². The summed E-state index contributed by atoms with van der Waals surface area (Å²) in [6.45, 7) is 4.10. The van der Waals surface area contributed by atoms with Gasteiger partial charge in [-0.25, -0.2) is 0 Å². The third kappa shape index (κ3) is 3.32. The van der Waals surface area contributed by atoms with Crippen molar-refractivity contribution < 1.29 is 4.79 Å².